The zero-order valence-corrected chi connectivity index (χ0v) is 14.8. The van der Waals surface area contributed by atoms with E-state index in [9.17, 15) is 15.0 Å². The third-order valence-corrected chi connectivity index (χ3v) is 3.84. The van der Waals surface area contributed by atoms with Gasteiger partial charge in [0.05, 0.1) is 0 Å². The number of carbonyl (C=O) groups is 1. The van der Waals surface area contributed by atoms with E-state index in [-0.39, 0.29) is 12.4 Å². The van der Waals surface area contributed by atoms with Gasteiger partial charge in [-0.25, -0.2) is 0 Å². The van der Waals surface area contributed by atoms with Crippen molar-refractivity contribution in [3.8, 4) is 11.5 Å². The van der Waals surface area contributed by atoms with Crippen molar-refractivity contribution in [2.24, 2.45) is 0 Å². The number of amides is 1. The first-order valence-electron chi connectivity index (χ1n) is 8.23. The highest BCUT2D eigenvalue weighted by molar-refractivity contribution is 5.81. The minimum Gasteiger partial charge on any atom is -0.508 e. The number of hydrogen-bond acceptors (Lipinski definition) is 4. The Kier molecular flexibility index (Phi) is 6.04. The Labute approximate surface area is 148 Å². The first-order valence-corrected chi connectivity index (χ1v) is 8.23. The number of hydrogen-bond donors (Lipinski definition) is 3. The SMILES string of the molecule is Cc1ccccc1OC[C@H](O)C(=O)NC(C)(C)Cc1ccc(O)cc1. The van der Waals surface area contributed by atoms with Gasteiger partial charge in [0.15, 0.2) is 6.10 Å². The van der Waals surface area contributed by atoms with E-state index in [0.29, 0.717) is 12.2 Å². The number of ether oxygens (including phenoxy) is 1. The normalized spacial score (nSPS) is 12.5. The summed E-state index contributed by atoms with van der Waals surface area (Å²) in [5.41, 5.74) is 1.38. The summed E-state index contributed by atoms with van der Waals surface area (Å²) >= 11 is 0. The Balaban J connectivity index is 1.88. The van der Waals surface area contributed by atoms with E-state index < -0.39 is 17.6 Å². The smallest absolute Gasteiger partial charge is 0.252 e. The van der Waals surface area contributed by atoms with Crippen molar-refractivity contribution in [1.82, 2.24) is 5.32 Å². The van der Waals surface area contributed by atoms with Gasteiger partial charge in [0.2, 0.25) is 0 Å². The maximum absolute atomic E-state index is 12.2. The molecule has 0 aromatic heterocycles. The van der Waals surface area contributed by atoms with Gasteiger partial charge in [-0.05, 0) is 56.5 Å². The minimum atomic E-state index is -1.25. The molecule has 0 aliphatic carbocycles. The predicted octanol–water partition coefficient (Wildman–Crippen LogP) is 2.58. The number of aliphatic hydroxyl groups excluding tert-OH is 1. The number of aliphatic hydroxyl groups is 1. The fourth-order valence-corrected chi connectivity index (χ4v) is 2.55. The van der Waals surface area contributed by atoms with Crippen molar-refractivity contribution in [3.63, 3.8) is 0 Å². The van der Waals surface area contributed by atoms with Gasteiger partial charge in [0.25, 0.3) is 5.91 Å². The second kappa shape index (κ2) is 8.03. The van der Waals surface area contributed by atoms with Crippen molar-refractivity contribution in [1.29, 1.82) is 0 Å². The van der Waals surface area contributed by atoms with Crippen LogP contribution in [-0.2, 0) is 11.2 Å². The minimum absolute atomic E-state index is 0.105. The zero-order chi connectivity index (χ0) is 18.4. The van der Waals surface area contributed by atoms with Crippen LogP contribution in [0.1, 0.15) is 25.0 Å². The highest BCUT2D eigenvalue weighted by Gasteiger charge is 2.25. The third kappa shape index (κ3) is 5.80. The molecular weight excluding hydrogens is 318 g/mol. The molecule has 2 rings (SSSR count). The first-order chi connectivity index (χ1) is 11.8. The fourth-order valence-electron chi connectivity index (χ4n) is 2.55. The van der Waals surface area contributed by atoms with Crippen molar-refractivity contribution < 1.29 is 19.7 Å². The quantitative estimate of drug-likeness (QED) is 0.722. The molecule has 5 nitrogen and oxygen atoms in total. The summed E-state index contributed by atoms with van der Waals surface area (Å²) in [5.74, 6) is 0.379. The van der Waals surface area contributed by atoms with Crippen LogP contribution in [0.4, 0.5) is 0 Å². The summed E-state index contributed by atoms with van der Waals surface area (Å²) in [6, 6.07) is 14.3. The Morgan fingerprint density at radius 1 is 1.16 bits per heavy atom. The number of nitrogens with one attached hydrogen (secondary N) is 1. The van der Waals surface area contributed by atoms with Gasteiger partial charge in [-0.3, -0.25) is 4.79 Å². The number of aryl methyl sites for hydroxylation is 1. The fraction of sp³-hybridized carbons (Fsp3) is 0.350. The lowest BCUT2D eigenvalue weighted by Crippen LogP contribution is -2.50. The monoisotopic (exact) mass is 343 g/mol. The summed E-state index contributed by atoms with van der Waals surface area (Å²) in [7, 11) is 0. The molecule has 0 fully saturated rings. The average Bonchev–Trinajstić information content (AvgIpc) is 2.55. The van der Waals surface area contributed by atoms with Crippen LogP contribution in [0, 0.1) is 6.92 Å². The van der Waals surface area contributed by atoms with Crippen LogP contribution in [0.15, 0.2) is 48.5 Å². The molecular formula is C20H25NO4. The Hall–Kier alpha value is -2.53. The van der Waals surface area contributed by atoms with Gasteiger partial charge >= 0.3 is 0 Å². The van der Waals surface area contributed by atoms with Crippen LogP contribution >= 0.6 is 0 Å². The van der Waals surface area contributed by atoms with E-state index >= 15 is 0 Å². The van der Waals surface area contributed by atoms with Crippen molar-refractivity contribution in [3.05, 3.63) is 59.7 Å². The second-order valence-corrected chi connectivity index (χ2v) is 6.81. The molecule has 0 saturated carbocycles. The van der Waals surface area contributed by atoms with Gasteiger partial charge in [0.1, 0.15) is 18.1 Å². The zero-order valence-electron chi connectivity index (χ0n) is 14.8. The summed E-state index contributed by atoms with van der Waals surface area (Å²) in [4.78, 5) is 12.2. The van der Waals surface area contributed by atoms with E-state index in [1.165, 1.54) is 0 Å². The molecule has 0 aliphatic rings. The molecule has 3 N–H and O–H groups in total. The van der Waals surface area contributed by atoms with Gasteiger partial charge in [-0.15, -0.1) is 0 Å². The molecule has 0 unspecified atom stereocenters. The molecule has 0 heterocycles. The maximum Gasteiger partial charge on any atom is 0.252 e. The molecule has 25 heavy (non-hydrogen) atoms. The Morgan fingerprint density at radius 2 is 1.80 bits per heavy atom. The summed E-state index contributed by atoms with van der Waals surface area (Å²) < 4.78 is 5.53. The molecule has 1 atom stereocenters. The molecule has 0 radical (unpaired) electrons. The van der Waals surface area contributed by atoms with Crippen LogP contribution in [-0.4, -0.2) is 34.4 Å². The number of para-hydroxylation sites is 1. The average molecular weight is 343 g/mol. The number of carbonyl (C=O) groups excluding carboxylic acids is 1. The van der Waals surface area contributed by atoms with Crippen molar-refractivity contribution in [2.45, 2.75) is 38.8 Å². The molecule has 0 saturated heterocycles. The van der Waals surface area contributed by atoms with E-state index in [1.54, 1.807) is 30.3 Å². The van der Waals surface area contributed by atoms with Gasteiger partial charge in [-0.1, -0.05) is 30.3 Å². The Bertz CT molecular complexity index is 710. The molecule has 2 aromatic rings. The van der Waals surface area contributed by atoms with Gasteiger partial charge < -0.3 is 20.3 Å². The van der Waals surface area contributed by atoms with E-state index in [1.807, 2.05) is 39.0 Å². The maximum atomic E-state index is 12.2. The van der Waals surface area contributed by atoms with Crippen molar-refractivity contribution in [2.75, 3.05) is 6.61 Å². The lowest BCUT2D eigenvalue weighted by atomic mass is 9.94. The van der Waals surface area contributed by atoms with E-state index in [0.717, 1.165) is 11.1 Å². The van der Waals surface area contributed by atoms with Gasteiger partial charge in [0, 0.05) is 5.54 Å². The first kappa shape index (κ1) is 18.8. The van der Waals surface area contributed by atoms with E-state index in [2.05, 4.69) is 5.32 Å². The molecule has 134 valence electrons. The number of benzene rings is 2. The van der Waals surface area contributed by atoms with Gasteiger partial charge in [-0.2, -0.15) is 0 Å². The molecule has 0 aliphatic heterocycles. The van der Waals surface area contributed by atoms with Crippen molar-refractivity contribution >= 4 is 5.91 Å². The van der Waals surface area contributed by atoms with Crippen LogP contribution in [0.2, 0.25) is 0 Å². The largest absolute Gasteiger partial charge is 0.508 e. The molecule has 1 amide bonds. The number of phenolic OH excluding ortho intramolecular Hbond substituents is 1. The second-order valence-electron chi connectivity index (χ2n) is 6.81. The van der Waals surface area contributed by atoms with Crippen LogP contribution in [0.3, 0.4) is 0 Å². The molecule has 5 heteroatoms. The topological polar surface area (TPSA) is 78.8 Å². The summed E-state index contributed by atoms with van der Waals surface area (Å²) in [6.07, 6.45) is -0.677. The summed E-state index contributed by atoms with van der Waals surface area (Å²) in [6.45, 7) is 5.56. The molecule has 2 aromatic carbocycles. The lowest BCUT2D eigenvalue weighted by Gasteiger charge is -2.28. The summed E-state index contributed by atoms with van der Waals surface area (Å²) in [5, 5.41) is 22.2. The number of aromatic hydroxyl groups is 1. The molecule has 0 spiro atoms. The predicted molar refractivity (Wildman–Crippen MR) is 96.7 cm³/mol. The highest BCUT2D eigenvalue weighted by Crippen LogP contribution is 2.18. The number of phenols is 1. The van der Waals surface area contributed by atoms with Crippen LogP contribution < -0.4 is 10.1 Å². The number of rotatable bonds is 7. The highest BCUT2D eigenvalue weighted by atomic mass is 16.5. The lowest BCUT2D eigenvalue weighted by molar-refractivity contribution is -0.132. The van der Waals surface area contributed by atoms with Crippen LogP contribution in [0.5, 0.6) is 11.5 Å². The van der Waals surface area contributed by atoms with Crippen LogP contribution in [0.25, 0.3) is 0 Å². The molecule has 0 bridgehead atoms. The standard InChI is InChI=1S/C20H25NO4/c1-14-6-4-5-7-18(14)25-13-17(23)19(24)21-20(2,3)12-15-8-10-16(22)11-9-15/h4-11,17,22-23H,12-13H2,1-3H3,(H,21,24)/t17-/m0/s1. The third-order valence-electron chi connectivity index (χ3n) is 3.84. The van der Waals surface area contributed by atoms with E-state index in [4.69, 9.17) is 4.74 Å². The Morgan fingerprint density at radius 3 is 2.44 bits per heavy atom.